The van der Waals surface area contributed by atoms with Gasteiger partial charge in [-0.15, -0.1) is 0 Å². The molecule has 0 amide bonds. The number of benzene rings is 1. The second-order valence-electron chi connectivity index (χ2n) is 7.65. The maximum Gasteiger partial charge on any atom is 0.303 e. The van der Waals surface area contributed by atoms with Crippen LogP contribution in [0.25, 0.3) is 0 Å². The molecule has 1 aliphatic heterocycles. The number of hydrogen-bond acceptors (Lipinski definition) is 4. The molecule has 2 aliphatic rings. The van der Waals surface area contributed by atoms with Crippen LogP contribution in [0.5, 0.6) is 0 Å². The van der Waals surface area contributed by atoms with Crippen molar-refractivity contribution in [3.63, 3.8) is 0 Å². The summed E-state index contributed by atoms with van der Waals surface area (Å²) in [4.78, 5) is 11.1. The minimum atomic E-state index is -0.841. The van der Waals surface area contributed by atoms with Gasteiger partial charge in [-0.2, -0.15) is 0 Å². The Labute approximate surface area is 161 Å². The predicted molar refractivity (Wildman–Crippen MR) is 102 cm³/mol. The standard InChI is InChI=1S/C22H30O5/c23-20-12-10-17(19(20)15-21(24)25)9-11-18(14-16-6-2-1-3-7-16)27-22-8-4-5-13-26-22/h1-3,6-7,11,17,19-20,22-23H,4-5,8-10,12-15H2,(H,24,25)/b18-11-. The van der Waals surface area contributed by atoms with Crippen LogP contribution in [-0.2, 0) is 20.7 Å². The third-order valence-corrected chi connectivity index (χ3v) is 5.63. The molecule has 1 saturated heterocycles. The van der Waals surface area contributed by atoms with Gasteiger partial charge in [0, 0.05) is 12.8 Å². The van der Waals surface area contributed by atoms with Gasteiger partial charge in [-0.25, -0.2) is 0 Å². The first-order chi connectivity index (χ1) is 13.1. The lowest BCUT2D eigenvalue weighted by molar-refractivity contribution is -0.139. The molecular weight excluding hydrogens is 344 g/mol. The molecule has 4 atom stereocenters. The maximum absolute atomic E-state index is 11.1. The Morgan fingerprint density at radius 1 is 1.19 bits per heavy atom. The zero-order valence-corrected chi connectivity index (χ0v) is 15.8. The van der Waals surface area contributed by atoms with Crippen LogP contribution < -0.4 is 0 Å². The summed E-state index contributed by atoms with van der Waals surface area (Å²) in [6, 6.07) is 10.2. The van der Waals surface area contributed by atoms with Crippen molar-refractivity contribution in [1.29, 1.82) is 0 Å². The van der Waals surface area contributed by atoms with Gasteiger partial charge in [-0.3, -0.25) is 4.79 Å². The maximum atomic E-state index is 11.1. The highest BCUT2D eigenvalue weighted by Gasteiger charge is 2.35. The minimum absolute atomic E-state index is 0.0281. The number of aliphatic carboxylic acids is 1. The highest BCUT2D eigenvalue weighted by atomic mass is 16.7. The molecule has 1 heterocycles. The number of carboxylic acids is 1. The van der Waals surface area contributed by atoms with E-state index >= 15 is 0 Å². The Kier molecular flexibility index (Phi) is 7.30. The molecule has 0 aromatic heterocycles. The number of carbonyl (C=O) groups is 1. The molecule has 2 N–H and O–H groups in total. The first-order valence-corrected chi connectivity index (χ1v) is 10.0. The zero-order valence-electron chi connectivity index (χ0n) is 15.8. The first-order valence-electron chi connectivity index (χ1n) is 10.0. The molecule has 148 valence electrons. The molecule has 5 heteroatoms. The van der Waals surface area contributed by atoms with Crippen LogP contribution in [0.4, 0.5) is 0 Å². The van der Waals surface area contributed by atoms with Gasteiger partial charge in [-0.05, 0) is 55.6 Å². The Balaban J connectivity index is 1.67. The Bertz CT molecular complexity index is 621. The van der Waals surface area contributed by atoms with Crippen molar-refractivity contribution in [2.75, 3.05) is 6.61 Å². The van der Waals surface area contributed by atoms with Gasteiger partial charge in [0.25, 0.3) is 0 Å². The average Bonchev–Trinajstić information content (AvgIpc) is 3.01. The third-order valence-electron chi connectivity index (χ3n) is 5.63. The summed E-state index contributed by atoms with van der Waals surface area (Å²) in [7, 11) is 0. The largest absolute Gasteiger partial charge is 0.481 e. The molecular formula is C22H30O5. The van der Waals surface area contributed by atoms with Gasteiger partial charge in [0.2, 0.25) is 0 Å². The van der Waals surface area contributed by atoms with E-state index in [1.54, 1.807) is 0 Å². The second kappa shape index (κ2) is 9.90. The summed E-state index contributed by atoms with van der Waals surface area (Å²) in [5.74, 6) is 0.0373. The van der Waals surface area contributed by atoms with E-state index in [1.165, 1.54) is 5.56 Å². The van der Waals surface area contributed by atoms with Crippen molar-refractivity contribution in [2.24, 2.45) is 11.8 Å². The highest BCUT2D eigenvalue weighted by Crippen LogP contribution is 2.37. The van der Waals surface area contributed by atoms with E-state index in [0.29, 0.717) is 12.8 Å². The van der Waals surface area contributed by atoms with E-state index in [2.05, 4.69) is 18.2 Å². The fourth-order valence-electron chi connectivity index (χ4n) is 4.14. The fourth-order valence-corrected chi connectivity index (χ4v) is 4.14. The molecule has 2 fully saturated rings. The highest BCUT2D eigenvalue weighted by molar-refractivity contribution is 5.67. The molecule has 0 radical (unpaired) electrons. The van der Waals surface area contributed by atoms with E-state index in [-0.39, 0.29) is 24.5 Å². The minimum Gasteiger partial charge on any atom is -0.481 e. The van der Waals surface area contributed by atoms with Gasteiger partial charge >= 0.3 is 5.97 Å². The van der Waals surface area contributed by atoms with E-state index in [9.17, 15) is 9.90 Å². The Hall–Kier alpha value is -1.85. The number of aliphatic hydroxyl groups is 1. The number of ether oxygens (including phenoxy) is 2. The van der Waals surface area contributed by atoms with Crippen LogP contribution in [0.15, 0.2) is 42.2 Å². The van der Waals surface area contributed by atoms with Crippen LogP contribution >= 0.6 is 0 Å². The molecule has 1 saturated carbocycles. The molecule has 27 heavy (non-hydrogen) atoms. The van der Waals surface area contributed by atoms with Crippen molar-refractivity contribution in [1.82, 2.24) is 0 Å². The molecule has 5 nitrogen and oxygen atoms in total. The molecule has 3 rings (SSSR count). The predicted octanol–water partition coefficient (Wildman–Crippen LogP) is 3.91. The van der Waals surface area contributed by atoms with Crippen LogP contribution in [0.1, 0.15) is 50.5 Å². The topological polar surface area (TPSA) is 76.0 Å². The van der Waals surface area contributed by atoms with E-state index in [1.807, 2.05) is 18.2 Å². The van der Waals surface area contributed by atoms with E-state index in [4.69, 9.17) is 14.6 Å². The molecule has 1 aromatic rings. The molecule has 4 unspecified atom stereocenters. The summed E-state index contributed by atoms with van der Waals surface area (Å²) >= 11 is 0. The average molecular weight is 374 g/mol. The Morgan fingerprint density at radius 2 is 2.00 bits per heavy atom. The van der Waals surface area contributed by atoms with E-state index < -0.39 is 12.1 Å². The van der Waals surface area contributed by atoms with Crippen molar-refractivity contribution < 1.29 is 24.5 Å². The third kappa shape index (κ3) is 6.08. The smallest absolute Gasteiger partial charge is 0.303 e. The summed E-state index contributed by atoms with van der Waals surface area (Å²) in [5.41, 5.74) is 1.17. The number of hydrogen-bond donors (Lipinski definition) is 2. The number of carboxylic acid groups (broad SMARTS) is 1. The summed E-state index contributed by atoms with van der Waals surface area (Å²) in [6.07, 6.45) is 7.44. The molecule has 0 bridgehead atoms. The molecule has 1 aliphatic carbocycles. The lowest BCUT2D eigenvalue weighted by atomic mass is 9.88. The van der Waals surface area contributed by atoms with Crippen LogP contribution in [0.3, 0.4) is 0 Å². The first kappa shape index (κ1) is 19.9. The number of allylic oxidation sites excluding steroid dienone is 2. The van der Waals surface area contributed by atoms with Gasteiger partial charge in [0.05, 0.1) is 24.9 Å². The second-order valence-corrected chi connectivity index (χ2v) is 7.65. The number of rotatable bonds is 8. The van der Waals surface area contributed by atoms with Gasteiger partial charge in [-0.1, -0.05) is 30.3 Å². The van der Waals surface area contributed by atoms with Crippen molar-refractivity contribution in [2.45, 2.75) is 63.8 Å². The van der Waals surface area contributed by atoms with Crippen molar-refractivity contribution in [3.05, 3.63) is 47.7 Å². The normalized spacial score (nSPS) is 28.9. The van der Waals surface area contributed by atoms with Crippen LogP contribution in [-0.4, -0.2) is 35.2 Å². The fraction of sp³-hybridized carbons (Fsp3) is 0.591. The zero-order chi connectivity index (χ0) is 19.1. The Morgan fingerprint density at radius 3 is 2.70 bits per heavy atom. The summed E-state index contributed by atoms with van der Waals surface area (Å²) in [5, 5.41) is 19.3. The van der Waals surface area contributed by atoms with Crippen molar-refractivity contribution in [3.8, 4) is 0 Å². The number of aliphatic hydroxyl groups excluding tert-OH is 1. The van der Waals surface area contributed by atoms with Gasteiger partial charge in [0.1, 0.15) is 0 Å². The van der Waals surface area contributed by atoms with Crippen molar-refractivity contribution >= 4 is 5.97 Å². The lowest BCUT2D eigenvalue weighted by Crippen LogP contribution is -2.23. The van der Waals surface area contributed by atoms with Gasteiger partial charge in [0.15, 0.2) is 6.29 Å². The summed E-state index contributed by atoms with van der Waals surface area (Å²) < 4.78 is 11.9. The molecule has 0 spiro atoms. The van der Waals surface area contributed by atoms with Crippen LogP contribution in [0, 0.1) is 11.8 Å². The lowest BCUT2D eigenvalue weighted by Gasteiger charge is -2.25. The summed E-state index contributed by atoms with van der Waals surface area (Å²) in [6.45, 7) is 0.735. The quantitative estimate of drug-likeness (QED) is 0.675. The van der Waals surface area contributed by atoms with E-state index in [0.717, 1.165) is 44.5 Å². The monoisotopic (exact) mass is 374 g/mol. The van der Waals surface area contributed by atoms with Gasteiger partial charge < -0.3 is 19.7 Å². The SMILES string of the molecule is O=C(O)CC1C(O)CCC1C/C=C(/Cc1ccccc1)OC1CCCCO1. The van der Waals surface area contributed by atoms with Crippen LogP contribution in [0.2, 0.25) is 0 Å². The molecule has 1 aromatic carbocycles.